The molecule has 5 nitrogen and oxygen atoms in total. The summed E-state index contributed by atoms with van der Waals surface area (Å²) in [6.07, 6.45) is 0.752. The molecular formula is C25H20FNO4. The van der Waals surface area contributed by atoms with Crippen LogP contribution in [0.25, 0.3) is 22.3 Å². The Labute approximate surface area is 178 Å². The Balaban J connectivity index is 1.50. The molecule has 0 radical (unpaired) electrons. The summed E-state index contributed by atoms with van der Waals surface area (Å²) in [5.41, 5.74) is 3.87. The van der Waals surface area contributed by atoms with Crippen LogP contribution in [0.1, 0.15) is 28.9 Å². The van der Waals surface area contributed by atoms with Gasteiger partial charge in [-0.25, -0.2) is 4.39 Å². The monoisotopic (exact) mass is 417 g/mol. The first-order chi connectivity index (χ1) is 15.1. The Hall–Kier alpha value is -3.64. The highest BCUT2D eigenvalue weighted by molar-refractivity contribution is 6.04. The predicted molar refractivity (Wildman–Crippen MR) is 116 cm³/mol. The Kier molecular flexibility index (Phi) is 4.92. The van der Waals surface area contributed by atoms with E-state index in [0.717, 1.165) is 28.5 Å². The molecule has 0 bridgehead atoms. The van der Waals surface area contributed by atoms with Gasteiger partial charge in [0.05, 0.1) is 18.3 Å². The molecule has 6 heteroatoms. The van der Waals surface area contributed by atoms with Crippen LogP contribution in [0.4, 0.5) is 10.1 Å². The Bertz CT molecular complexity index is 1250. The van der Waals surface area contributed by atoms with Gasteiger partial charge in [-0.15, -0.1) is 0 Å². The van der Waals surface area contributed by atoms with Crippen molar-refractivity contribution in [1.82, 2.24) is 0 Å². The molecule has 1 unspecified atom stereocenters. The van der Waals surface area contributed by atoms with Crippen molar-refractivity contribution >= 4 is 22.9 Å². The minimum absolute atomic E-state index is 0.0739. The van der Waals surface area contributed by atoms with Crippen molar-refractivity contribution < 1.29 is 23.1 Å². The normalized spacial score (nSPS) is 15.7. The minimum atomic E-state index is -0.317. The quantitative estimate of drug-likeness (QED) is 0.392. The van der Waals surface area contributed by atoms with E-state index in [9.17, 15) is 9.18 Å². The molecule has 1 aromatic heterocycles. The number of nitrogens with one attached hydrogen (secondary N) is 1. The van der Waals surface area contributed by atoms with Gasteiger partial charge in [0.1, 0.15) is 28.7 Å². The van der Waals surface area contributed by atoms with Gasteiger partial charge in [0, 0.05) is 34.8 Å². The molecule has 2 heterocycles. The van der Waals surface area contributed by atoms with Crippen LogP contribution in [0.2, 0.25) is 0 Å². The van der Waals surface area contributed by atoms with Crippen LogP contribution in [0.5, 0.6) is 11.5 Å². The smallest absolute Gasteiger partial charge is 0.154 e. The molecule has 1 atom stereocenters. The summed E-state index contributed by atoms with van der Waals surface area (Å²) in [7, 11) is 0. The summed E-state index contributed by atoms with van der Waals surface area (Å²) >= 11 is 0. The number of hydrogen-bond donors (Lipinski definition) is 1. The van der Waals surface area contributed by atoms with Gasteiger partial charge in [0.25, 0.3) is 0 Å². The van der Waals surface area contributed by atoms with Crippen LogP contribution < -0.4 is 10.1 Å². The summed E-state index contributed by atoms with van der Waals surface area (Å²) in [5, 5.41) is 4.11. The predicted octanol–water partition coefficient (Wildman–Crippen LogP) is 6.35. The van der Waals surface area contributed by atoms with E-state index in [0.29, 0.717) is 41.6 Å². The van der Waals surface area contributed by atoms with Gasteiger partial charge in [-0.05, 0) is 61.5 Å². The minimum Gasteiger partial charge on any atom is -0.457 e. The summed E-state index contributed by atoms with van der Waals surface area (Å²) in [4.78, 5) is 12.0. The van der Waals surface area contributed by atoms with Gasteiger partial charge >= 0.3 is 0 Å². The molecule has 1 aliphatic rings. The number of ether oxygens (including phenoxy) is 2. The van der Waals surface area contributed by atoms with Gasteiger partial charge in [-0.1, -0.05) is 0 Å². The van der Waals surface area contributed by atoms with Crippen molar-refractivity contribution in [3.05, 3.63) is 77.6 Å². The van der Waals surface area contributed by atoms with Gasteiger partial charge in [-0.3, -0.25) is 4.79 Å². The molecule has 1 N–H and O–H groups in total. The number of carbonyl (C=O) groups is 1. The third kappa shape index (κ3) is 3.66. The number of aldehydes is 1. The molecule has 0 aliphatic carbocycles. The number of furan rings is 1. The molecule has 156 valence electrons. The van der Waals surface area contributed by atoms with Crippen molar-refractivity contribution in [1.29, 1.82) is 0 Å². The highest BCUT2D eigenvalue weighted by Gasteiger charge is 2.21. The number of rotatable bonds is 4. The first kappa shape index (κ1) is 19.3. The van der Waals surface area contributed by atoms with E-state index in [1.54, 1.807) is 24.3 Å². The molecule has 1 aliphatic heterocycles. The van der Waals surface area contributed by atoms with Gasteiger partial charge in [-0.2, -0.15) is 0 Å². The summed E-state index contributed by atoms with van der Waals surface area (Å²) < 4.78 is 30.7. The van der Waals surface area contributed by atoms with Crippen LogP contribution in [0, 0.1) is 5.82 Å². The number of carbonyl (C=O) groups excluding carboxylic acids is 1. The third-order valence-corrected chi connectivity index (χ3v) is 5.41. The van der Waals surface area contributed by atoms with Crippen LogP contribution in [-0.2, 0) is 4.74 Å². The van der Waals surface area contributed by atoms with E-state index in [1.807, 2.05) is 31.2 Å². The fraction of sp³-hybridized carbons (Fsp3) is 0.160. The van der Waals surface area contributed by atoms with Crippen LogP contribution >= 0.6 is 0 Å². The van der Waals surface area contributed by atoms with Crippen molar-refractivity contribution in [3.8, 4) is 22.8 Å². The summed E-state index contributed by atoms with van der Waals surface area (Å²) in [6.45, 7) is 3.33. The highest BCUT2D eigenvalue weighted by Crippen LogP contribution is 2.39. The van der Waals surface area contributed by atoms with Gasteiger partial charge in [0.2, 0.25) is 0 Å². The van der Waals surface area contributed by atoms with Gasteiger partial charge in [0.15, 0.2) is 6.29 Å². The number of fused-ring (bicyclic) bond motifs is 2. The van der Waals surface area contributed by atoms with E-state index in [4.69, 9.17) is 13.9 Å². The third-order valence-electron chi connectivity index (χ3n) is 5.41. The maximum Gasteiger partial charge on any atom is 0.154 e. The SMILES string of the molecule is CC1OCCNc2cc3oc(-c4ccc(Oc5ccc(F)cc5)cc4)c(C=O)c3cc21. The van der Waals surface area contributed by atoms with E-state index < -0.39 is 0 Å². The Morgan fingerprint density at radius 2 is 1.77 bits per heavy atom. The lowest BCUT2D eigenvalue weighted by molar-refractivity contribution is 0.0777. The highest BCUT2D eigenvalue weighted by atomic mass is 19.1. The molecular weight excluding hydrogens is 397 g/mol. The average Bonchev–Trinajstić information content (AvgIpc) is 3.05. The second-order valence-electron chi connectivity index (χ2n) is 7.42. The fourth-order valence-corrected chi connectivity index (χ4v) is 3.82. The average molecular weight is 417 g/mol. The first-order valence-corrected chi connectivity index (χ1v) is 10.1. The lowest BCUT2D eigenvalue weighted by Gasteiger charge is -2.12. The van der Waals surface area contributed by atoms with Crippen LogP contribution in [0.3, 0.4) is 0 Å². The molecule has 31 heavy (non-hydrogen) atoms. The largest absolute Gasteiger partial charge is 0.457 e. The van der Waals surface area contributed by atoms with Crippen LogP contribution in [-0.4, -0.2) is 19.4 Å². The number of halogens is 1. The van der Waals surface area contributed by atoms with Crippen molar-refractivity contribution in [2.75, 3.05) is 18.5 Å². The maximum atomic E-state index is 13.1. The standard InChI is InChI=1S/C25H20FNO4/c1-15-20-12-21-22(14-28)25(31-24(21)13-23(20)27-10-11-29-15)16-2-6-18(7-3-16)30-19-8-4-17(26)5-9-19/h2-9,12-15,27H,10-11H2,1H3. The number of anilines is 1. The molecule has 0 amide bonds. The van der Waals surface area contributed by atoms with E-state index >= 15 is 0 Å². The topological polar surface area (TPSA) is 60.7 Å². The van der Waals surface area contributed by atoms with Crippen molar-refractivity contribution in [2.45, 2.75) is 13.0 Å². The Morgan fingerprint density at radius 1 is 1.06 bits per heavy atom. The maximum absolute atomic E-state index is 13.1. The molecule has 5 rings (SSSR count). The lowest BCUT2D eigenvalue weighted by Crippen LogP contribution is -2.04. The zero-order valence-electron chi connectivity index (χ0n) is 16.9. The zero-order valence-corrected chi connectivity index (χ0v) is 16.9. The fourth-order valence-electron chi connectivity index (χ4n) is 3.82. The zero-order chi connectivity index (χ0) is 21.4. The van der Waals surface area contributed by atoms with Crippen LogP contribution in [0.15, 0.2) is 65.1 Å². The first-order valence-electron chi connectivity index (χ1n) is 10.1. The molecule has 3 aromatic carbocycles. The molecule has 4 aromatic rings. The molecule has 0 saturated heterocycles. The molecule has 0 spiro atoms. The van der Waals surface area contributed by atoms with Crippen molar-refractivity contribution in [3.63, 3.8) is 0 Å². The number of hydrogen-bond acceptors (Lipinski definition) is 5. The van der Waals surface area contributed by atoms with E-state index in [2.05, 4.69) is 5.32 Å². The molecule has 0 saturated carbocycles. The summed E-state index contributed by atoms with van der Waals surface area (Å²) in [5.74, 6) is 1.33. The summed E-state index contributed by atoms with van der Waals surface area (Å²) in [6, 6.07) is 16.9. The molecule has 0 fully saturated rings. The van der Waals surface area contributed by atoms with Gasteiger partial charge < -0.3 is 19.2 Å². The van der Waals surface area contributed by atoms with E-state index in [-0.39, 0.29) is 11.9 Å². The second kappa shape index (κ2) is 7.89. The number of benzene rings is 3. The Morgan fingerprint density at radius 3 is 2.48 bits per heavy atom. The van der Waals surface area contributed by atoms with Crippen molar-refractivity contribution in [2.24, 2.45) is 0 Å². The lowest BCUT2D eigenvalue weighted by atomic mass is 10.0. The second-order valence-corrected chi connectivity index (χ2v) is 7.42. The van der Waals surface area contributed by atoms with E-state index in [1.165, 1.54) is 12.1 Å².